The Labute approximate surface area is 139 Å². The number of phenols is 1. The number of para-hydroxylation sites is 2. The summed E-state index contributed by atoms with van der Waals surface area (Å²) < 4.78 is 2.11. The highest BCUT2D eigenvalue weighted by atomic mass is 16.3. The summed E-state index contributed by atoms with van der Waals surface area (Å²) in [6.07, 6.45) is 1.59. The van der Waals surface area contributed by atoms with Crippen LogP contribution >= 0.6 is 0 Å². The van der Waals surface area contributed by atoms with E-state index in [9.17, 15) is 5.11 Å². The van der Waals surface area contributed by atoms with Crippen LogP contribution in [0, 0.1) is 0 Å². The molecular weight excluding hydrogens is 302 g/mol. The number of rotatable bonds is 3. The smallest absolute Gasteiger partial charge is 0.212 e. The first-order valence-corrected chi connectivity index (χ1v) is 7.93. The second-order valence-corrected chi connectivity index (χ2v) is 6.27. The van der Waals surface area contributed by atoms with Gasteiger partial charge in [0.1, 0.15) is 11.4 Å². The van der Waals surface area contributed by atoms with Gasteiger partial charge in [-0.25, -0.2) is 9.98 Å². The van der Waals surface area contributed by atoms with Gasteiger partial charge in [-0.15, -0.1) is 0 Å². The number of benzene rings is 2. The molecule has 0 saturated heterocycles. The average molecular weight is 321 g/mol. The zero-order valence-corrected chi connectivity index (χ0v) is 13.4. The van der Waals surface area contributed by atoms with Crippen LogP contribution in [0.4, 0.5) is 5.95 Å². The number of aryl methyl sites for hydroxylation is 1. The molecule has 0 saturated carbocycles. The summed E-state index contributed by atoms with van der Waals surface area (Å²) in [5, 5.41) is 12.5. The van der Waals surface area contributed by atoms with E-state index >= 15 is 0 Å². The first kappa shape index (κ1) is 14.6. The van der Waals surface area contributed by atoms with Crippen LogP contribution in [0.5, 0.6) is 5.75 Å². The third-order valence-electron chi connectivity index (χ3n) is 4.47. The molecular formula is C18H19N5O. The number of aliphatic imine (C=N–C) groups is 1. The molecule has 1 aliphatic rings. The molecule has 6 nitrogen and oxygen atoms in total. The van der Waals surface area contributed by atoms with E-state index in [4.69, 9.17) is 5.73 Å². The summed E-state index contributed by atoms with van der Waals surface area (Å²) in [5.74, 6) is 1.37. The van der Waals surface area contributed by atoms with Gasteiger partial charge in [0, 0.05) is 0 Å². The number of nitrogens with one attached hydrogen (secondary N) is 1. The van der Waals surface area contributed by atoms with Gasteiger partial charge >= 0.3 is 0 Å². The topological polar surface area (TPSA) is 88.5 Å². The number of imidazole rings is 1. The normalized spacial score (nSPS) is 19.6. The van der Waals surface area contributed by atoms with E-state index in [1.54, 1.807) is 12.1 Å². The molecule has 122 valence electrons. The van der Waals surface area contributed by atoms with Gasteiger partial charge in [-0.1, -0.05) is 24.3 Å². The lowest BCUT2D eigenvalue weighted by atomic mass is 10.0. The molecule has 0 fully saturated rings. The second kappa shape index (κ2) is 5.26. The van der Waals surface area contributed by atoms with Crippen molar-refractivity contribution in [1.82, 2.24) is 9.55 Å². The van der Waals surface area contributed by atoms with Crippen molar-refractivity contribution in [2.45, 2.75) is 25.4 Å². The summed E-state index contributed by atoms with van der Waals surface area (Å²) >= 11 is 0. The van der Waals surface area contributed by atoms with Crippen LogP contribution in [0.15, 0.2) is 53.5 Å². The number of nitrogens with two attached hydrogens (primary N) is 1. The Balaban J connectivity index is 1.72. The SMILES string of the molecule is C[C@@]1(CCc2ccc(O)cc2)N=C(N)Nc2nc3ccccc3n21. The standard InChI is InChI=1S/C18H19N5O/c1-18(11-10-12-6-8-13(24)9-7-12)22-16(19)21-17-20-14-4-2-3-5-15(14)23(17)18/h2-9,24H,10-11H2,1H3,(H3,19,20,21,22)/t18-/m1/s1. The molecule has 2 heterocycles. The Morgan fingerprint density at radius 2 is 1.92 bits per heavy atom. The number of hydrogen-bond acceptors (Lipinski definition) is 5. The largest absolute Gasteiger partial charge is 0.508 e. The lowest BCUT2D eigenvalue weighted by Gasteiger charge is -2.33. The van der Waals surface area contributed by atoms with Gasteiger partial charge in [-0.2, -0.15) is 0 Å². The van der Waals surface area contributed by atoms with Gasteiger partial charge < -0.3 is 10.8 Å². The fourth-order valence-corrected chi connectivity index (χ4v) is 3.26. The number of guanidine groups is 1. The van der Waals surface area contributed by atoms with Gasteiger partial charge in [-0.05, 0) is 49.6 Å². The number of fused-ring (bicyclic) bond motifs is 3. The molecule has 2 aromatic carbocycles. The van der Waals surface area contributed by atoms with Crippen molar-refractivity contribution in [3.63, 3.8) is 0 Å². The third-order valence-corrected chi connectivity index (χ3v) is 4.47. The van der Waals surface area contributed by atoms with E-state index in [0.717, 1.165) is 35.4 Å². The lowest BCUT2D eigenvalue weighted by Crippen LogP contribution is -2.40. The molecule has 24 heavy (non-hydrogen) atoms. The van der Waals surface area contributed by atoms with E-state index in [1.807, 2.05) is 36.4 Å². The quantitative estimate of drug-likeness (QED) is 0.692. The Hall–Kier alpha value is -3.02. The Bertz CT molecular complexity index is 928. The van der Waals surface area contributed by atoms with Crippen LogP contribution in [0.1, 0.15) is 18.9 Å². The summed E-state index contributed by atoms with van der Waals surface area (Å²) in [4.78, 5) is 9.29. The minimum atomic E-state index is -0.515. The Morgan fingerprint density at radius 1 is 1.17 bits per heavy atom. The highest BCUT2D eigenvalue weighted by Crippen LogP contribution is 2.35. The molecule has 3 aromatic rings. The van der Waals surface area contributed by atoms with E-state index < -0.39 is 5.66 Å². The van der Waals surface area contributed by atoms with Gasteiger partial charge in [0.05, 0.1) is 11.0 Å². The molecule has 1 atom stereocenters. The Morgan fingerprint density at radius 3 is 2.71 bits per heavy atom. The van der Waals surface area contributed by atoms with Gasteiger partial charge in [-0.3, -0.25) is 9.88 Å². The lowest BCUT2D eigenvalue weighted by molar-refractivity contribution is 0.317. The number of anilines is 1. The molecule has 4 N–H and O–H groups in total. The van der Waals surface area contributed by atoms with Gasteiger partial charge in [0.25, 0.3) is 0 Å². The summed E-state index contributed by atoms with van der Waals surface area (Å²) in [6.45, 7) is 2.07. The number of hydrogen-bond donors (Lipinski definition) is 3. The highest BCUT2D eigenvalue weighted by molar-refractivity contribution is 5.94. The predicted octanol–water partition coefficient (Wildman–Crippen LogP) is 2.79. The molecule has 1 aromatic heterocycles. The fraction of sp³-hybridized carbons (Fsp3) is 0.222. The first-order chi connectivity index (χ1) is 11.5. The van der Waals surface area contributed by atoms with E-state index in [2.05, 4.69) is 26.8 Å². The van der Waals surface area contributed by atoms with Crippen LogP contribution in [0.25, 0.3) is 11.0 Å². The van der Waals surface area contributed by atoms with Gasteiger partial charge in [0.2, 0.25) is 5.95 Å². The van der Waals surface area contributed by atoms with E-state index in [0.29, 0.717) is 5.96 Å². The number of aromatic hydroxyl groups is 1. The van der Waals surface area contributed by atoms with Crippen LogP contribution in [0.2, 0.25) is 0 Å². The zero-order chi connectivity index (χ0) is 16.7. The summed E-state index contributed by atoms with van der Waals surface area (Å²) in [6, 6.07) is 15.3. The van der Waals surface area contributed by atoms with Gasteiger partial charge in [0.15, 0.2) is 5.96 Å². The first-order valence-electron chi connectivity index (χ1n) is 7.93. The van der Waals surface area contributed by atoms with Crippen molar-refractivity contribution in [1.29, 1.82) is 0 Å². The molecule has 6 heteroatoms. The van der Waals surface area contributed by atoms with Crippen LogP contribution in [-0.2, 0) is 12.1 Å². The van der Waals surface area contributed by atoms with Crippen molar-refractivity contribution in [2.75, 3.05) is 5.32 Å². The predicted molar refractivity (Wildman–Crippen MR) is 95.1 cm³/mol. The molecule has 0 amide bonds. The second-order valence-electron chi connectivity index (χ2n) is 6.27. The fourth-order valence-electron chi connectivity index (χ4n) is 3.26. The van der Waals surface area contributed by atoms with Crippen LogP contribution in [0.3, 0.4) is 0 Å². The average Bonchev–Trinajstić information content (AvgIpc) is 2.93. The monoisotopic (exact) mass is 321 g/mol. The molecule has 0 aliphatic carbocycles. The van der Waals surface area contributed by atoms with Crippen molar-refractivity contribution in [3.05, 3.63) is 54.1 Å². The minimum absolute atomic E-state index is 0.275. The highest BCUT2D eigenvalue weighted by Gasteiger charge is 2.34. The van der Waals surface area contributed by atoms with Crippen LogP contribution < -0.4 is 11.1 Å². The maximum atomic E-state index is 9.42. The molecule has 0 bridgehead atoms. The Kier molecular flexibility index (Phi) is 3.19. The van der Waals surface area contributed by atoms with Crippen molar-refractivity contribution in [2.24, 2.45) is 10.7 Å². The molecule has 0 unspecified atom stereocenters. The minimum Gasteiger partial charge on any atom is -0.508 e. The number of phenolic OH excluding ortho intramolecular Hbond substituents is 1. The maximum absolute atomic E-state index is 9.42. The maximum Gasteiger partial charge on any atom is 0.212 e. The third kappa shape index (κ3) is 2.36. The molecule has 0 spiro atoms. The number of nitrogens with zero attached hydrogens (tertiary/aromatic N) is 3. The van der Waals surface area contributed by atoms with Crippen molar-refractivity contribution < 1.29 is 5.11 Å². The van der Waals surface area contributed by atoms with Crippen molar-refractivity contribution in [3.8, 4) is 5.75 Å². The number of aromatic nitrogens is 2. The van der Waals surface area contributed by atoms with E-state index in [-0.39, 0.29) is 5.75 Å². The van der Waals surface area contributed by atoms with Crippen molar-refractivity contribution >= 4 is 22.9 Å². The molecule has 4 rings (SSSR count). The zero-order valence-electron chi connectivity index (χ0n) is 13.4. The summed E-state index contributed by atoms with van der Waals surface area (Å²) in [7, 11) is 0. The molecule has 1 aliphatic heterocycles. The molecule has 0 radical (unpaired) electrons. The summed E-state index contributed by atoms with van der Waals surface area (Å²) in [5.41, 5.74) is 8.57. The van der Waals surface area contributed by atoms with Crippen LogP contribution in [-0.4, -0.2) is 20.6 Å². The van der Waals surface area contributed by atoms with E-state index in [1.165, 1.54) is 0 Å².